The van der Waals surface area contributed by atoms with Crippen LogP contribution in [0.25, 0.3) is 32.3 Å². The molecule has 0 spiro atoms. The van der Waals surface area contributed by atoms with Gasteiger partial charge in [-0.3, -0.25) is 0 Å². The summed E-state index contributed by atoms with van der Waals surface area (Å²) < 4.78 is 0. The van der Waals surface area contributed by atoms with E-state index in [0.717, 1.165) is 34.7 Å². The van der Waals surface area contributed by atoms with E-state index in [1.807, 2.05) is 47.6 Å². The fourth-order valence-corrected chi connectivity index (χ4v) is 7.76. The van der Waals surface area contributed by atoms with Crippen molar-refractivity contribution >= 4 is 32.3 Å². The third kappa shape index (κ3) is 11.7. The number of rotatable bonds is 0. The molecule has 0 aliphatic rings. The maximum absolute atomic E-state index is 4.12. The van der Waals surface area contributed by atoms with Gasteiger partial charge in [-0.1, -0.05) is 83.4 Å². The Hall–Kier alpha value is -5.55. The van der Waals surface area contributed by atoms with Crippen molar-refractivity contribution in [1.82, 2.24) is 24.9 Å². The monoisotopic (exact) mass is 758 g/mol. The quantitative estimate of drug-likeness (QED) is 0.144. The Labute approximate surface area is 342 Å². The molecule has 8 aromatic rings. The summed E-state index contributed by atoms with van der Waals surface area (Å²) in [6.07, 6.45) is 0. The molecule has 0 saturated carbocycles. The molecule has 0 amide bonds. The van der Waals surface area contributed by atoms with E-state index in [0.29, 0.717) is 0 Å². The Morgan fingerprint density at radius 1 is 0.246 bits per heavy atom. The third-order valence-electron chi connectivity index (χ3n) is 10.3. The summed E-state index contributed by atoms with van der Waals surface area (Å²) in [5.41, 5.74) is 17.2. The van der Waals surface area contributed by atoms with E-state index in [2.05, 4.69) is 168 Å². The van der Waals surface area contributed by atoms with Crippen LogP contribution in [0.5, 0.6) is 0 Å². The molecule has 0 radical (unpaired) electrons. The number of hydrogen-bond donors (Lipinski definition) is 0. The average Bonchev–Trinajstić information content (AvgIpc) is 3.08. The van der Waals surface area contributed by atoms with E-state index in [9.17, 15) is 0 Å². The minimum absolute atomic E-state index is 0.792. The van der Waals surface area contributed by atoms with E-state index in [1.165, 1.54) is 93.5 Å². The summed E-state index contributed by atoms with van der Waals surface area (Å²) in [5, 5.41) is 8.48. The fraction of sp³-hybridized carbons (Fsp3) is 0.327. The summed E-state index contributed by atoms with van der Waals surface area (Å²) in [6, 6.07) is 26.8. The van der Waals surface area contributed by atoms with E-state index >= 15 is 0 Å². The number of hydrogen-bond acceptors (Lipinski definition) is 5. The zero-order valence-corrected chi connectivity index (χ0v) is 37.7. The van der Waals surface area contributed by atoms with Gasteiger partial charge in [0.1, 0.15) is 23.3 Å². The van der Waals surface area contributed by atoms with Crippen molar-refractivity contribution in [3.63, 3.8) is 0 Å². The molecule has 296 valence electrons. The SMILES string of the molecule is Cc1cc(C)c(C)cc1C.Cc1cc(C)c2ccc3c(C)cc(C)c4ccc1c2c43.Cc1cc(C)cc(C)c1.Cc1cc(C)nc(C)n1.Cc1nc(C)nc(C)n1. The van der Waals surface area contributed by atoms with E-state index < -0.39 is 0 Å². The van der Waals surface area contributed by atoms with Crippen LogP contribution in [0.3, 0.4) is 0 Å². The molecule has 0 unspecified atom stereocenters. The van der Waals surface area contributed by atoms with Crippen molar-refractivity contribution in [2.75, 3.05) is 0 Å². The summed E-state index contributed by atoms with van der Waals surface area (Å²) in [5.74, 6) is 3.23. The first kappa shape index (κ1) is 44.2. The van der Waals surface area contributed by atoms with Crippen LogP contribution in [-0.4, -0.2) is 24.9 Å². The summed E-state index contributed by atoms with van der Waals surface area (Å²) in [4.78, 5) is 20.3. The zero-order chi connectivity index (χ0) is 42.3. The first-order valence-electron chi connectivity index (χ1n) is 19.9. The van der Waals surface area contributed by atoms with Gasteiger partial charge >= 0.3 is 0 Å². The van der Waals surface area contributed by atoms with Gasteiger partial charge in [-0.2, -0.15) is 0 Å². The lowest BCUT2D eigenvalue weighted by molar-refractivity contribution is 0.875. The Morgan fingerprint density at radius 3 is 0.719 bits per heavy atom. The molecule has 5 heteroatoms. The molecule has 0 fully saturated rings. The van der Waals surface area contributed by atoms with E-state index in [4.69, 9.17) is 0 Å². The molecule has 5 nitrogen and oxygen atoms in total. The Morgan fingerprint density at radius 2 is 0.474 bits per heavy atom. The number of aromatic nitrogens is 5. The standard InChI is InChI=1S/C20H18.C10H14.C9H12.C7H10N2.C6H9N3/c1-11-9-12(2)16-7-8-18-14(4)10-13(3)17-6-5-15(11)19(16)20(17)18;1-7-5-9(3)10(4)6-8(7)2;1-7-4-8(2)6-9(3)5-7;1-5-4-6(2)9-7(3)8-5;1-4-7-5(2)9-6(3)8-4/h5-10H,1-4H3;5-6H,1-4H3;4-6H,1-3H3;4H,1-3H3;1-3H3. The van der Waals surface area contributed by atoms with Crippen LogP contribution in [0.2, 0.25) is 0 Å². The fourth-order valence-electron chi connectivity index (χ4n) is 7.76. The van der Waals surface area contributed by atoms with Gasteiger partial charge in [-0.15, -0.1) is 0 Å². The second kappa shape index (κ2) is 19.1. The maximum Gasteiger partial charge on any atom is 0.129 e. The first-order chi connectivity index (χ1) is 26.7. The van der Waals surface area contributed by atoms with Gasteiger partial charge in [0, 0.05) is 11.4 Å². The van der Waals surface area contributed by atoms with Gasteiger partial charge in [0.15, 0.2) is 0 Å². The minimum atomic E-state index is 0.792. The van der Waals surface area contributed by atoms with Crippen LogP contribution < -0.4 is 0 Å². The smallest absolute Gasteiger partial charge is 0.129 e. The number of aryl methyl sites for hydroxylation is 17. The molecule has 2 aromatic heterocycles. The number of nitrogens with zero attached hydrogens (tertiary/aromatic N) is 5. The highest BCUT2D eigenvalue weighted by Gasteiger charge is 2.13. The van der Waals surface area contributed by atoms with Crippen LogP contribution in [0.4, 0.5) is 0 Å². The highest BCUT2D eigenvalue weighted by molar-refractivity contribution is 6.25. The highest BCUT2D eigenvalue weighted by Crippen LogP contribution is 2.39. The number of benzene rings is 6. The van der Waals surface area contributed by atoms with Gasteiger partial charge < -0.3 is 0 Å². The Kier molecular flexibility index (Phi) is 14.8. The lowest BCUT2D eigenvalue weighted by Gasteiger charge is -2.17. The van der Waals surface area contributed by atoms with Gasteiger partial charge in [0.2, 0.25) is 0 Å². The van der Waals surface area contributed by atoms with Crippen LogP contribution in [0.1, 0.15) is 95.9 Å². The highest BCUT2D eigenvalue weighted by atomic mass is 15.0. The predicted molar refractivity (Wildman–Crippen MR) is 245 cm³/mol. The van der Waals surface area contributed by atoms with Crippen LogP contribution in [0.15, 0.2) is 72.8 Å². The lowest BCUT2D eigenvalue weighted by atomic mass is 9.87. The normalized spacial score (nSPS) is 10.5. The van der Waals surface area contributed by atoms with Crippen LogP contribution >= 0.6 is 0 Å². The maximum atomic E-state index is 4.12. The molecule has 0 aliphatic carbocycles. The Bertz CT molecular complexity index is 2180. The summed E-state index contributed by atoms with van der Waals surface area (Å²) in [6.45, 7) is 35.3. The molecule has 2 heterocycles. The van der Waals surface area contributed by atoms with Crippen molar-refractivity contribution < 1.29 is 0 Å². The topological polar surface area (TPSA) is 64.5 Å². The van der Waals surface area contributed by atoms with Gasteiger partial charge in [-0.05, 0) is 201 Å². The van der Waals surface area contributed by atoms with Crippen molar-refractivity contribution in [1.29, 1.82) is 0 Å². The molecule has 0 bridgehead atoms. The van der Waals surface area contributed by atoms with Gasteiger partial charge in [0.25, 0.3) is 0 Å². The van der Waals surface area contributed by atoms with E-state index in [1.54, 1.807) is 0 Å². The summed E-state index contributed by atoms with van der Waals surface area (Å²) in [7, 11) is 0. The van der Waals surface area contributed by atoms with Crippen molar-refractivity contribution in [2.45, 2.75) is 118 Å². The molecule has 0 aliphatic heterocycles. The molecule has 8 rings (SSSR count). The van der Waals surface area contributed by atoms with E-state index in [-0.39, 0.29) is 0 Å². The molecule has 6 aromatic carbocycles. The third-order valence-corrected chi connectivity index (χ3v) is 10.3. The van der Waals surface area contributed by atoms with Crippen molar-refractivity contribution in [3.05, 3.63) is 169 Å². The second-order valence-electron chi connectivity index (χ2n) is 16.0. The molecule has 0 N–H and O–H groups in total. The van der Waals surface area contributed by atoms with Crippen LogP contribution in [-0.2, 0) is 0 Å². The average molecular weight is 758 g/mol. The lowest BCUT2D eigenvalue weighted by Crippen LogP contribution is -1.97. The summed E-state index contributed by atoms with van der Waals surface area (Å²) >= 11 is 0. The first-order valence-corrected chi connectivity index (χ1v) is 19.9. The van der Waals surface area contributed by atoms with Crippen molar-refractivity contribution in [2.24, 2.45) is 0 Å². The van der Waals surface area contributed by atoms with Gasteiger partial charge in [0.05, 0.1) is 0 Å². The largest absolute Gasteiger partial charge is 0.239 e. The molecular weight excluding hydrogens is 695 g/mol. The van der Waals surface area contributed by atoms with Crippen molar-refractivity contribution in [3.8, 4) is 0 Å². The minimum Gasteiger partial charge on any atom is -0.239 e. The molecule has 0 atom stereocenters. The zero-order valence-electron chi connectivity index (χ0n) is 37.7. The Balaban J connectivity index is 0.000000168. The molecule has 0 saturated heterocycles. The molecular formula is C52H63N5. The van der Waals surface area contributed by atoms with Crippen LogP contribution in [0, 0.1) is 118 Å². The predicted octanol–water partition coefficient (Wildman–Crippen LogP) is 13.5. The second-order valence-corrected chi connectivity index (χ2v) is 16.0. The van der Waals surface area contributed by atoms with Gasteiger partial charge in [-0.25, -0.2) is 24.9 Å². The molecule has 57 heavy (non-hydrogen) atoms.